The molecule has 2 aliphatic heterocycles. The van der Waals surface area contributed by atoms with Crippen LogP contribution in [0.25, 0.3) is 34.9 Å². The van der Waals surface area contributed by atoms with E-state index in [0.29, 0.717) is 0 Å². The zero-order chi connectivity index (χ0) is 21.3. The van der Waals surface area contributed by atoms with Gasteiger partial charge in [0.25, 0.3) is 0 Å². The first-order valence-corrected chi connectivity index (χ1v) is 10.4. The molecule has 0 amide bonds. The average Bonchev–Trinajstić information content (AvgIpc) is 3.64. The van der Waals surface area contributed by atoms with Crippen LogP contribution in [0.2, 0.25) is 0 Å². The minimum absolute atomic E-state index is 0.866. The Morgan fingerprint density at radius 1 is 0.531 bits per heavy atom. The fraction of sp³-hybridized carbons (Fsp3) is 0. The minimum Gasteiger partial charge on any atom is -0.360 e. The minimum atomic E-state index is 0.866. The number of nitrogens with zero attached hydrogens (tertiary/aromatic N) is 2. The van der Waals surface area contributed by atoms with Crippen LogP contribution in [0.5, 0.6) is 0 Å². The maximum atomic E-state index is 4.73. The normalized spacial score (nSPS) is 17.6. The number of aliphatic imine (C=N–C) groups is 2. The number of allylic oxidation sites excluding steroid dienone is 4. The van der Waals surface area contributed by atoms with Crippen LogP contribution >= 0.6 is 0 Å². The van der Waals surface area contributed by atoms with E-state index in [-0.39, 0.29) is 0 Å². The SMILES string of the molecule is C1=CC(C2=N/C(=C\c3ccc(-c4ccc[nH]4)[nH]3)C=C2)=NC1=Cc1ccc(-c2ccc[nH]2)[nH]1. The molecule has 4 aromatic rings. The zero-order valence-electron chi connectivity index (χ0n) is 17.1. The molecular weight excluding hydrogens is 396 g/mol. The predicted molar refractivity (Wildman–Crippen MR) is 130 cm³/mol. The predicted octanol–water partition coefficient (Wildman–Crippen LogP) is 5.74. The largest absolute Gasteiger partial charge is 0.360 e. The number of aromatic amines is 4. The summed E-state index contributed by atoms with van der Waals surface area (Å²) < 4.78 is 0. The molecule has 0 saturated carbocycles. The Hall–Kier alpha value is -4.58. The maximum Gasteiger partial charge on any atom is 0.0894 e. The first kappa shape index (κ1) is 18.2. The van der Waals surface area contributed by atoms with E-state index in [0.717, 1.165) is 57.0 Å². The van der Waals surface area contributed by atoms with Crippen molar-refractivity contribution in [3.8, 4) is 22.8 Å². The number of nitrogens with one attached hydrogen (secondary N) is 4. The Bertz CT molecular complexity index is 1330. The van der Waals surface area contributed by atoms with Gasteiger partial charge < -0.3 is 19.9 Å². The molecule has 0 bridgehead atoms. The summed E-state index contributed by atoms with van der Waals surface area (Å²) >= 11 is 0. The lowest BCUT2D eigenvalue weighted by Gasteiger charge is -1.95. The third kappa shape index (κ3) is 3.54. The standard InChI is InChI=1S/C26H20N6/c1-3-21(27-13-1)23-9-5-17(29-23)15-19-7-11-25(31-19)26-12-8-20(32-26)16-18-6-10-24(30-18)22-4-2-14-28-22/h1-16,27-30H/b19-15-,20-16?. The molecule has 6 rings (SSSR count). The van der Waals surface area contributed by atoms with Gasteiger partial charge in [-0.2, -0.15) is 0 Å². The monoisotopic (exact) mass is 416 g/mol. The average molecular weight is 416 g/mol. The van der Waals surface area contributed by atoms with Crippen molar-refractivity contribution in [3.05, 3.63) is 108 Å². The molecule has 6 nitrogen and oxygen atoms in total. The zero-order valence-corrected chi connectivity index (χ0v) is 17.1. The maximum absolute atomic E-state index is 4.73. The third-order valence-electron chi connectivity index (χ3n) is 5.39. The fourth-order valence-corrected chi connectivity index (χ4v) is 3.82. The van der Waals surface area contributed by atoms with Gasteiger partial charge in [0.05, 0.1) is 45.6 Å². The summed E-state index contributed by atoms with van der Waals surface area (Å²) in [5.41, 5.74) is 9.77. The van der Waals surface area contributed by atoms with Crippen LogP contribution in [0.4, 0.5) is 0 Å². The first-order chi connectivity index (χ1) is 15.8. The molecule has 4 aromatic heterocycles. The van der Waals surface area contributed by atoms with Crippen LogP contribution in [-0.4, -0.2) is 31.4 Å². The molecule has 0 fully saturated rings. The number of H-pyrrole nitrogens is 4. The molecule has 0 unspecified atom stereocenters. The number of hydrogen-bond donors (Lipinski definition) is 4. The molecule has 0 spiro atoms. The van der Waals surface area contributed by atoms with E-state index in [4.69, 9.17) is 9.98 Å². The van der Waals surface area contributed by atoms with Crippen molar-refractivity contribution in [2.45, 2.75) is 0 Å². The van der Waals surface area contributed by atoms with Crippen LogP contribution in [-0.2, 0) is 0 Å². The van der Waals surface area contributed by atoms with Crippen molar-refractivity contribution in [2.24, 2.45) is 9.98 Å². The van der Waals surface area contributed by atoms with E-state index in [1.807, 2.05) is 73.1 Å². The Labute approximate surface area is 184 Å². The van der Waals surface area contributed by atoms with Gasteiger partial charge in [0.15, 0.2) is 0 Å². The lowest BCUT2D eigenvalue weighted by atomic mass is 10.2. The summed E-state index contributed by atoms with van der Waals surface area (Å²) in [5, 5.41) is 0. The third-order valence-corrected chi connectivity index (χ3v) is 5.39. The Kier molecular flexibility index (Phi) is 4.32. The number of hydrogen-bond acceptors (Lipinski definition) is 2. The summed E-state index contributed by atoms with van der Waals surface area (Å²) in [6.07, 6.45) is 15.9. The summed E-state index contributed by atoms with van der Waals surface area (Å²) in [6, 6.07) is 16.3. The highest BCUT2D eigenvalue weighted by Crippen LogP contribution is 2.22. The Balaban J connectivity index is 1.19. The van der Waals surface area contributed by atoms with E-state index in [1.54, 1.807) is 0 Å². The summed E-state index contributed by atoms with van der Waals surface area (Å²) in [6.45, 7) is 0. The smallest absolute Gasteiger partial charge is 0.0894 e. The number of rotatable bonds is 5. The van der Waals surface area contributed by atoms with Crippen LogP contribution in [0.15, 0.2) is 107 Å². The van der Waals surface area contributed by atoms with Crippen molar-refractivity contribution in [1.82, 2.24) is 19.9 Å². The molecule has 6 heterocycles. The van der Waals surface area contributed by atoms with Gasteiger partial charge in [-0.15, -0.1) is 0 Å². The molecule has 2 aliphatic rings. The number of aromatic nitrogens is 4. The van der Waals surface area contributed by atoms with Crippen molar-refractivity contribution in [3.63, 3.8) is 0 Å². The summed E-state index contributed by atoms with van der Waals surface area (Å²) in [4.78, 5) is 22.7. The lowest BCUT2D eigenvalue weighted by Crippen LogP contribution is -2.04. The van der Waals surface area contributed by atoms with E-state index in [9.17, 15) is 0 Å². The van der Waals surface area contributed by atoms with Gasteiger partial charge in [-0.25, -0.2) is 9.98 Å². The van der Waals surface area contributed by atoms with E-state index < -0.39 is 0 Å². The second-order valence-electron chi connectivity index (χ2n) is 7.62. The van der Waals surface area contributed by atoms with Gasteiger partial charge in [-0.3, -0.25) is 0 Å². The van der Waals surface area contributed by atoms with Gasteiger partial charge in [-0.05, 0) is 85.0 Å². The molecule has 4 N–H and O–H groups in total. The Morgan fingerprint density at radius 2 is 1.03 bits per heavy atom. The fourth-order valence-electron chi connectivity index (χ4n) is 3.82. The van der Waals surface area contributed by atoms with Crippen LogP contribution in [0, 0.1) is 0 Å². The van der Waals surface area contributed by atoms with E-state index in [1.165, 1.54) is 0 Å². The van der Waals surface area contributed by atoms with Gasteiger partial charge in [-0.1, -0.05) is 0 Å². The van der Waals surface area contributed by atoms with Crippen LogP contribution in [0.3, 0.4) is 0 Å². The molecule has 154 valence electrons. The van der Waals surface area contributed by atoms with Gasteiger partial charge in [0.1, 0.15) is 0 Å². The van der Waals surface area contributed by atoms with Gasteiger partial charge >= 0.3 is 0 Å². The molecular formula is C26H20N6. The topological polar surface area (TPSA) is 87.9 Å². The quantitative estimate of drug-likeness (QED) is 0.320. The van der Waals surface area contributed by atoms with Crippen LogP contribution < -0.4 is 0 Å². The molecule has 0 aliphatic carbocycles. The highest BCUT2D eigenvalue weighted by molar-refractivity contribution is 6.52. The molecule has 6 heteroatoms. The van der Waals surface area contributed by atoms with Crippen molar-refractivity contribution >= 4 is 23.6 Å². The van der Waals surface area contributed by atoms with Crippen molar-refractivity contribution in [2.75, 3.05) is 0 Å². The van der Waals surface area contributed by atoms with Crippen molar-refractivity contribution < 1.29 is 0 Å². The van der Waals surface area contributed by atoms with Crippen LogP contribution in [0.1, 0.15) is 11.4 Å². The van der Waals surface area contributed by atoms with Gasteiger partial charge in [0, 0.05) is 23.8 Å². The van der Waals surface area contributed by atoms with E-state index in [2.05, 4.69) is 44.2 Å². The molecule has 0 aromatic carbocycles. The van der Waals surface area contributed by atoms with E-state index >= 15 is 0 Å². The lowest BCUT2D eigenvalue weighted by molar-refractivity contribution is 1.31. The molecule has 32 heavy (non-hydrogen) atoms. The van der Waals surface area contributed by atoms with Gasteiger partial charge in [0.2, 0.25) is 0 Å². The van der Waals surface area contributed by atoms with Crippen molar-refractivity contribution in [1.29, 1.82) is 0 Å². The molecule has 0 saturated heterocycles. The summed E-state index contributed by atoms with van der Waals surface area (Å²) in [5.74, 6) is 0. The first-order valence-electron chi connectivity index (χ1n) is 10.4. The second kappa shape index (κ2) is 7.59. The highest BCUT2D eigenvalue weighted by Gasteiger charge is 2.14. The molecule has 0 atom stereocenters. The second-order valence-corrected chi connectivity index (χ2v) is 7.62. The Morgan fingerprint density at radius 3 is 1.47 bits per heavy atom. The summed E-state index contributed by atoms with van der Waals surface area (Å²) in [7, 11) is 0. The molecule has 0 radical (unpaired) electrons. The highest BCUT2D eigenvalue weighted by atomic mass is 14.9.